The highest BCUT2D eigenvalue weighted by atomic mass is 32.2. The van der Waals surface area contributed by atoms with Crippen molar-refractivity contribution in [2.24, 2.45) is 0 Å². The number of nitriles is 1. The van der Waals surface area contributed by atoms with E-state index in [2.05, 4.69) is 5.32 Å². The minimum Gasteiger partial charge on any atom is -0.321 e. The second-order valence-electron chi connectivity index (χ2n) is 5.46. The zero-order chi connectivity index (χ0) is 17.6. The number of thioether (sulfide) groups is 1. The van der Waals surface area contributed by atoms with Gasteiger partial charge >= 0.3 is 0 Å². The molecule has 0 aromatic heterocycles. The van der Waals surface area contributed by atoms with Crippen LogP contribution in [0.25, 0.3) is 16.8 Å². The first kappa shape index (κ1) is 16.8. The lowest BCUT2D eigenvalue weighted by Gasteiger charge is -2.06. The third-order valence-corrected chi connectivity index (χ3v) is 4.54. The lowest BCUT2D eigenvalue weighted by Crippen LogP contribution is -2.13. The van der Waals surface area contributed by atoms with Gasteiger partial charge in [-0.25, -0.2) is 0 Å². The van der Waals surface area contributed by atoms with Crippen molar-refractivity contribution in [1.82, 2.24) is 0 Å². The van der Waals surface area contributed by atoms with Crippen molar-refractivity contribution in [3.05, 3.63) is 77.9 Å². The van der Waals surface area contributed by atoms with Gasteiger partial charge in [-0.2, -0.15) is 5.26 Å². The Morgan fingerprint density at radius 1 is 1.04 bits per heavy atom. The van der Waals surface area contributed by atoms with Gasteiger partial charge in [-0.15, -0.1) is 11.8 Å². The molecule has 0 aliphatic carbocycles. The van der Waals surface area contributed by atoms with Crippen LogP contribution in [0.2, 0.25) is 0 Å². The molecule has 0 bridgehead atoms. The number of carbonyl (C=O) groups excluding carboxylic acids is 1. The number of nitrogens with zero attached hydrogens (tertiary/aromatic N) is 1. The number of amides is 1. The summed E-state index contributed by atoms with van der Waals surface area (Å²) >= 11 is 1.65. The predicted molar refractivity (Wildman–Crippen MR) is 104 cm³/mol. The van der Waals surface area contributed by atoms with Crippen LogP contribution in [0.5, 0.6) is 0 Å². The minimum absolute atomic E-state index is 0.0741. The first-order valence-corrected chi connectivity index (χ1v) is 8.98. The third-order valence-electron chi connectivity index (χ3n) is 3.80. The molecular weight excluding hydrogens is 328 g/mol. The van der Waals surface area contributed by atoms with Crippen molar-refractivity contribution >= 4 is 40.2 Å². The molecule has 0 spiro atoms. The molecule has 0 atom stereocenters. The Balaban J connectivity index is 1.81. The summed E-state index contributed by atoms with van der Waals surface area (Å²) in [5.41, 5.74) is 1.57. The number of hydrogen-bond acceptors (Lipinski definition) is 3. The normalized spacial score (nSPS) is 11.1. The standard InChI is InChI=1S/C21H16N2OS/c1-25-20-10-6-15(7-11-20)12-18(14-22)21(24)23-19-9-8-16-4-2-3-5-17(16)13-19/h2-13H,1H3,(H,23,24). The molecule has 3 aromatic carbocycles. The van der Waals surface area contributed by atoms with Crippen LogP contribution in [0, 0.1) is 11.3 Å². The first-order chi connectivity index (χ1) is 12.2. The SMILES string of the molecule is CSc1ccc(C=C(C#N)C(=O)Nc2ccc3ccccc3c2)cc1. The summed E-state index contributed by atoms with van der Waals surface area (Å²) in [6, 6.07) is 23.3. The van der Waals surface area contributed by atoms with E-state index in [1.807, 2.05) is 79.1 Å². The molecule has 0 saturated carbocycles. The van der Waals surface area contributed by atoms with Crippen molar-refractivity contribution in [2.75, 3.05) is 11.6 Å². The van der Waals surface area contributed by atoms with Crippen LogP contribution < -0.4 is 5.32 Å². The zero-order valence-electron chi connectivity index (χ0n) is 13.7. The molecule has 1 amide bonds. The maximum Gasteiger partial charge on any atom is 0.266 e. The van der Waals surface area contributed by atoms with E-state index in [-0.39, 0.29) is 5.57 Å². The molecule has 3 nitrogen and oxygen atoms in total. The Hall–Kier alpha value is -3.03. The molecule has 1 N–H and O–H groups in total. The fourth-order valence-corrected chi connectivity index (χ4v) is 2.89. The molecule has 25 heavy (non-hydrogen) atoms. The van der Waals surface area contributed by atoms with Crippen LogP contribution in [0.1, 0.15) is 5.56 Å². The zero-order valence-corrected chi connectivity index (χ0v) is 14.5. The molecule has 0 unspecified atom stereocenters. The van der Waals surface area contributed by atoms with Crippen LogP contribution in [0.15, 0.2) is 77.2 Å². The van der Waals surface area contributed by atoms with Crippen LogP contribution in [0.4, 0.5) is 5.69 Å². The van der Waals surface area contributed by atoms with E-state index in [1.54, 1.807) is 17.8 Å². The van der Waals surface area contributed by atoms with Crippen LogP contribution in [0.3, 0.4) is 0 Å². The fourth-order valence-electron chi connectivity index (χ4n) is 2.48. The predicted octanol–water partition coefficient (Wildman–Crippen LogP) is 5.11. The molecule has 0 aliphatic rings. The van der Waals surface area contributed by atoms with Crippen molar-refractivity contribution in [3.63, 3.8) is 0 Å². The molecule has 0 saturated heterocycles. The van der Waals surface area contributed by atoms with E-state index in [0.29, 0.717) is 5.69 Å². The van der Waals surface area contributed by atoms with E-state index in [4.69, 9.17) is 0 Å². The molecule has 122 valence electrons. The third kappa shape index (κ3) is 4.09. The number of anilines is 1. The largest absolute Gasteiger partial charge is 0.321 e. The number of carbonyl (C=O) groups is 1. The summed E-state index contributed by atoms with van der Waals surface area (Å²) in [5, 5.41) is 14.3. The van der Waals surface area contributed by atoms with Gasteiger partial charge in [-0.1, -0.05) is 42.5 Å². The maximum atomic E-state index is 12.4. The Morgan fingerprint density at radius 3 is 2.44 bits per heavy atom. The highest BCUT2D eigenvalue weighted by Gasteiger charge is 2.10. The molecular formula is C21H16N2OS. The smallest absolute Gasteiger partial charge is 0.266 e. The average molecular weight is 344 g/mol. The highest BCUT2D eigenvalue weighted by Crippen LogP contribution is 2.20. The average Bonchev–Trinajstić information content (AvgIpc) is 2.66. The van der Waals surface area contributed by atoms with Crippen molar-refractivity contribution in [3.8, 4) is 6.07 Å². The fraction of sp³-hybridized carbons (Fsp3) is 0.0476. The summed E-state index contributed by atoms with van der Waals surface area (Å²) in [4.78, 5) is 13.5. The van der Waals surface area contributed by atoms with E-state index >= 15 is 0 Å². The van der Waals surface area contributed by atoms with Crippen LogP contribution >= 0.6 is 11.8 Å². The van der Waals surface area contributed by atoms with Crippen molar-refractivity contribution < 1.29 is 4.79 Å². The summed E-state index contributed by atoms with van der Waals surface area (Å²) in [7, 11) is 0. The Morgan fingerprint density at radius 2 is 1.76 bits per heavy atom. The van der Waals surface area contributed by atoms with Gasteiger partial charge in [0.2, 0.25) is 0 Å². The monoisotopic (exact) mass is 344 g/mol. The molecule has 4 heteroatoms. The number of fused-ring (bicyclic) bond motifs is 1. The highest BCUT2D eigenvalue weighted by molar-refractivity contribution is 7.98. The van der Waals surface area contributed by atoms with Crippen LogP contribution in [-0.4, -0.2) is 12.2 Å². The van der Waals surface area contributed by atoms with Gasteiger partial charge in [0.1, 0.15) is 11.6 Å². The molecule has 3 rings (SSSR count). The van der Waals surface area contributed by atoms with Crippen molar-refractivity contribution in [2.45, 2.75) is 4.90 Å². The van der Waals surface area contributed by atoms with Gasteiger partial charge in [0.05, 0.1) is 0 Å². The van der Waals surface area contributed by atoms with Crippen LogP contribution in [-0.2, 0) is 4.79 Å². The molecule has 0 heterocycles. The Bertz CT molecular complexity index is 985. The van der Waals surface area contributed by atoms with Gasteiger partial charge in [0, 0.05) is 10.6 Å². The van der Waals surface area contributed by atoms with Gasteiger partial charge in [-0.3, -0.25) is 4.79 Å². The minimum atomic E-state index is -0.410. The first-order valence-electron chi connectivity index (χ1n) is 7.75. The van der Waals surface area contributed by atoms with E-state index in [1.165, 1.54) is 0 Å². The number of nitrogens with one attached hydrogen (secondary N) is 1. The quantitative estimate of drug-likeness (QED) is 0.407. The summed E-state index contributed by atoms with van der Waals surface area (Å²) < 4.78 is 0. The molecule has 0 aliphatic heterocycles. The number of rotatable bonds is 4. The molecule has 0 fully saturated rings. The Labute approximate surface area is 151 Å². The molecule has 0 radical (unpaired) electrons. The van der Waals surface area contributed by atoms with Crippen molar-refractivity contribution in [1.29, 1.82) is 5.26 Å². The van der Waals surface area contributed by atoms with Gasteiger partial charge < -0.3 is 5.32 Å². The molecule has 3 aromatic rings. The Kier molecular flexibility index (Phi) is 5.17. The van der Waals surface area contributed by atoms with E-state index < -0.39 is 5.91 Å². The lowest BCUT2D eigenvalue weighted by atomic mass is 10.1. The second-order valence-corrected chi connectivity index (χ2v) is 6.34. The van der Waals surface area contributed by atoms with E-state index in [0.717, 1.165) is 21.2 Å². The summed E-state index contributed by atoms with van der Waals surface area (Å²) in [6.45, 7) is 0. The second kappa shape index (κ2) is 7.69. The number of benzene rings is 3. The summed E-state index contributed by atoms with van der Waals surface area (Å²) in [6.07, 6.45) is 3.60. The van der Waals surface area contributed by atoms with Gasteiger partial charge in [0.25, 0.3) is 5.91 Å². The van der Waals surface area contributed by atoms with Gasteiger partial charge in [-0.05, 0) is 52.9 Å². The van der Waals surface area contributed by atoms with Gasteiger partial charge in [0.15, 0.2) is 0 Å². The topological polar surface area (TPSA) is 52.9 Å². The summed E-state index contributed by atoms with van der Waals surface area (Å²) in [5.74, 6) is -0.410. The van der Waals surface area contributed by atoms with E-state index in [9.17, 15) is 10.1 Å². The number of hydrogen-bond donors (Lipinski definition) is 1. The maximum absolute atomic E-state index is 12.4. The lowest BCUT2D eigenvalue weighted by molar-refractivity contribution is -0.112.